The van der Waals surface area contributed by atoms with E-state index in [-0.39, 0.29) is 24.0 Å². The second-order valence-electron chi connectivity index (χ2n) is 13.3. The number of nitrogens with two attached hydrogens (primary N) is 1. The van der Waals surface area contributed by atoms with Crippen LogP contribution in [0.3, 0.4) is 0 Å². The molecule has 0 aliphatic carbocycles. The third-order valence-corrected chi connectivity index (χ3v) is 11.5. The highest BCUT2D eigenvalue weighted by Gasteiger charge is 2.36. The molecule has 1 aromatic carbocycles. The number of benzene rings is 1. The molecule has 5 heterocycles. The van der Waals surface area contributed by atoms with Crippen molar-refractivity contribution in [1.29, 1.82) is 0 Å². The van der Waals surface area contributed by atoms with Crippen LogP contribution in [0.25, 0.3) is 0 Å². The fourth-order valence-corrected chi connectivity index (χ4v) is 8.50. The number of carbonyl (C=O) groups is 3. The molecule has 1 aromatic heterocycles. The molecular weight excluding hydrogens is 624 g/mol. The second kappa shape index (κ2) is 14.4. The number of piperidine rings is 2. The lowest BCUT2D eigenvalue weighted by atomic mass is 9.98. The number of hydrogen-bond donors (Lipinski definition) is 3. The molecule has 0 spiro atoms. The highest BCUT2D eigenvalue weighted by molar-refractivity contribution is 7.10. The van der Waals surface area contributed by atoms with Crippen molar-refractivity contribution in [3.05, 3.63) is 44.6 Å². The summed E-state index contributed by atoms with van der Waals surface area (Å²) in [4.78, 5) is 52.3. The van der Waals surface area contributed by atoms with Crippen molar-refractivity contribution in [3.63, 3.8) is 0 Å². The molecule has 1 atom stereocenters. The zero-order valence-corrected chi connectivity index (χ0v) is 28.5. The van der Waals surface area contributed by atoms with Gasteiger partial charge in [-0.25, -0.2) is 9.59 Å². The van der Waals surface area contributed by atoms with E-state index in [0.29, 0.717) is 68.7 Å². The number of likely N-dealkylation sites (N-methyl/N-ethyl adjacent to an activating group) is 1. The van der Waals surface area contributed by atoms with Crippen molar-refractivity contribution in [3.8, 4) is 0 Å². The highest BCUT2D eigenvalue weighted by Crippen LogP contribution is 2.31. The van der Waals surface area contributed by atoms with Gasteiger partial charge in [-0.3, -0.25) is 9.69 Å². The van der Waals surface area contributed by atoms with E-state index in [1.54, 1.807) is 22.3 Å². The molecule has 0 saturated carbocycles. The molecule has 6 rings (SSSR count). The number of aryl methyl sites for hydroxylation is 1. The SMILES string of the molecule is Cc1cc(C[C@@H](NC(=O)N2CCC(N3Cc4sccc4NC3=O)CC2)C(=O)N2CCC(N3CCCN(C)CC3)CC2)cc(Cl)c1N. The molecule has 3 fully saturated rings. The van der Waals surface area contributed by atoms with Crippen LogP contribution in [0.5, 0.6) is 0 Å². The summed E-state index contributed by atoms with van der Waals surface area (Å²) in [6.45, 7) is 9.27. The van der Waals surface area contributed by atoms with Gasteiger partial charge in [-0.2, -0.15) is 0 Å². The first-order valence-electron chi connectivity index (χ1n) is 16.6. The Balaban J connectivity index is 1.09. The van der Waals surface area contributed by atoms with Crippen LogP contribution in [0.1, 0.15) is 48.1 Å². The van der Waals surface area contributed by atoms with Gasteiger partial charge in [0.1, 0.15) is 6.04 Å². The molecule has 250 valence electrons. The fraction of sp³-hybridized carbons (Fsp3) is 0.606. The van der Waals surface area contributed by atoms with E-state index in [9.17, 15) is 14.4 Å². The monoisotopic (exact) mass is 670 g/mol. The normalized spacial score (nSPS) is 21.5. The van der Waals surface area contributed by atoms with E-state index in [0.717, 1.165) is 60.7 Å². The van der Waals surface area contributed by atoms with E-state index >= 15 is 0 Å². The number of thiophene rings is 1. The molecule has 11 nitrogen and oxygen atoms in total. The highest BCUT2D eigenvalue weighted by atomic mass is 35.5. The Labute approximate surface area is 281 Å². The van der Waals surface area contributed by atoms with Crippen LogP contribution < -0.4 is 16.4 Å². The Morgan fingerprint density at radius 2 is 1.74 bits per heavy atom. The van der Waals surface area contributed by atoms with Crippen LogP contribution >= 0.6 is 22.9 Å². The van der Waals surface area contributed by atoms with Crippen molar-refractivity contribution in [2.45, 2.75) is 70.1 Å². The minimum absolute atomic E-state index is 0.0559. The number of fused-ring (bicyclic) bond motifs is 1. The largest absolute Gasteiger partial charge is 0.397 e. The van der Waals surface area contributed by atoms with Crippen LogP contribution in [-0.4, -0.2) is 120 Å². The molecule has 5 amide bonds. The number of nitrogen functional groups attached to an aromatic ring is 1. The van der Waals surface area contributed by atoms with Gasteiger partial charge in [0.2, 0.25) is 5.91 Å². The van der Waals surface area contributed by atoms with E-state index in [1.807, 2.05) is 34.2 Å². The Morgan fingerprint density at radius 1 is 1.02 bits per heavy atom. The molecular formula is C33H47ClN8O3S. The third kappa shape index (κ3) is 7.40. The predicted octanol–water partition coefficient (Wildman–Crippen LogP) is 4.05. The number of carbonyl (C=O) groups excluding carboxylic acids is 3. The van der Waals surface area contributed by atoms with Crippen molar-refractivity contribution in [2.24, 2.45) is 0 Å². The first-order valence-corrected chi connectivity index (χ1v) is 17.9. The predicted molar refractivity (Wildman–Crippen MR) is 183 cm³/mol. The number of hydrogen-bond acceptors (Lipinski definition) is 7. The number of rotatable bonds is 6. The van der Waals surface area contributed by atoms with Gasteiger partial charge in [-0.1, -0.05) is 17.7 Å². The lowest BCUT2D eigenvalue weighted by Crippen LogP contribution is -2.57. The zero-order chi connectivity index (χ0) is 32.4. The molecule has 13 heteroatoms. The Kier molecular flexibility index (Phi) is 10.3. The van der Waals surface area contributed by atoms with E-state index in [4.69, 9.17) is 17.3 Å². The average molecular weight is 671 g/mol. The molecule has 0 unspecified atom stereocenters. The molecule has 4 aliphatic rings. The number of halogens is 1. The number of urea groups is 2. The summed E-state index contributed by atoms with van der Waals surface area (Å²) in [5.74, 6) is -0.0559. The first kappa shape index (κ1) is 32.9. The zero-order valence-electron chi connectivity index (χ0n) is 27.0. The van der Waals surface area contributed by atoms with Crippen LogP contribution in [-0.2, 0) is 17.8 Å². The van der Waals surface area contributed by atoms with Gasteiger partial charge in [-0.15, -0.1) is 11.3 Å². The quantitative estimate of drug-likeness (QED) is 0.400. The van der Waals surface area contributed by atoms with E-state index < -0.39 is 6.04 Å². The maximum atomic E-state index is 14.1. The van der Waals surface area contributed by atoms with Crippen molar-refractivity contribution < 1.29 is 14.4 Å². The van der Waals surface area contributed by atoms with Crippen LogP contribution in [0.2, 0.25) is 5.02 Å². The third-order valence-electron chi connectivity index (χ3n) is 10.2. The number of amides is 5. The van der Waals surface area contributed by atoms with Crippen LogP contribution in [0, 0.1) is 6.92 Å². The van der Waals surface area contributed by atoms with Gasteiger partial charge in [-0.05, 0) is 87.8 Å². The maximum absolute atomic E-state index is 14.1. The molecule has 2 aromatic rings. The standard InChI is InChI=1S/C33H47ClN8O3S/c1-22-18-23(19-26(34)30(22)35)20-28(31(43)40-11-4-24(5-12-40)39-10-3-9-38(2)15-16-39)37-32(44)41-13-6-25(7-14-41)42-21-29-27(8-17-46-29)36-33(42)45/h8,17-19,24-25,28H,3-7,9-16,20-21,35H2,1-2H3,(H,36,45)(H,37,44)/t28-/m1/s1. The molecule has 4 aliphatic heterocycles. The summed E-state index contributed by atoms with van der Waals surface area (Å²) in [6, 6.07) is 5.18. The lowest BCUT2D eigenvalue weighted by molar-refractivity contribution is -0.134. The van der Waals surface area contributed by atoms with Crippen LogP contribution in [0.4, 0.5) is 21.0 Å². The van der Waals surface area contributed by atoms with Gasteiger partial charge in [0.25, 0.3) is 0 Å². The van der Waals surface area contributed by atoms with Gasteiger partial charge in [0.15, 0.2) is 0 Å². The van der Waals surface area contributed by atoms with Gasteiger partial charge in [0.05, 0.1) is 22.9 Å². The van der Waals surface area contributed by atoms with Crippen molar-refractivity contribution in [1.82, 2.24) is 29.8 Å². The van der Waals surface area contributed by atoms with Crippen molar-refractivity contribution in [2.75, 3.05) is 70.5 Å². The summed E-state index contributed by atoms with van der Waals surface area (Å²) in [5.41, 5.74) is 9.24. The Hall–Kier alpha value is -3.06. The fourth-order valence-electron chi connectivity index (χ4n) is 7.39. The van der Waals surface area contributed by atoms with E-state index in [1.165, 1.54) is 6.42 Å². The summed E-state index contributed by atoms with van der Waals surface area (Å²) in [5, 5.41) is 8.54. The summed E-state index contributed by atoms with van der Waals surface area (Å²) >= 11 is 8.07. The molecule has 3 saturated heterocycles. The number of likely N-dealkylation sites (tertiary alicyclic amines) is 2. The number of nitrogens with zero attached hydrogens (tertiary/aromatic N) is 5. The van der Waals surface area contributed by atoms with E-state index in [2.05, 4.69) is 27.5 Å². The topological polar surface area (TPSA) is 117 Å². The molecule has 0 bridgehead atoms. The Bertz CT molecular complexity index is 1400. The molecule has 4 N–H and O–H groups in total. The van der Waals surface area contributed by atoms with Gasteiger partial charge < -0.3 is 36.0 Å². The van der Waals surface area contributed by atoms with Gasteiger partial charge >= 0.3 is 12.1 Å². The smallest absolute Gasteiger partial charge is 0.322 e. The molecule has 0 radical (unpaired) electrons. The Morgan fingerprint density at radius 3 is 2.48 bits per heavy atom. The number of nitrogens with one attached hydrogen (secondary N) is 2. The molecule has 46 heavy (non-hydrogen) atoms. The second-order valence-corrected chi connectivity index (χ2v) is 14.7. The summed E-state index contributed by atoms with van der Waals surface area (Å²) in [7, 11) is 2.18. The summed E-state index contributed by atoms with van der Waals surface area (Å²) in [6.07, 6.45) is 4.75. The summed E-state index contributed by atoms with van der Waals surface area (Å²) < 4.78 is 0. The average Bonchev–Trinajstić information content (AvgIpc) is 3.40. The van der Waals surface area contributed by atoms with Gasteiger partial charge in [0, 0.05) is 62.7 Å². The van der Waals surface area contributed by atoms with Crippen LogP contribution in [0.15, 0.2) is 23.6 Å². The first-order chi connectivity index (χ1) is 22.2. The minimum atomic E-state index is -0.724. The van der Waals surface area contributed by atoms with Crippen molar-refractivity contribution >= 4 is 52.3 Å². The number of anilines is 2. The maximum Gasteiger partial charge on any atom is 0.322 e. The minimum Gasteiger partial charge on any atom is -0.397 e. The lowest BCUT2D eigenvalue weighted by Gasteiger charge is -2.41.